The third-order valence-corrected chi connectivity index (χ3v) is 3.26. The Labute approximate surface area is 115 Å². The van der Waals surface area contributed by atoms with Crippen molar-refractivity contribution in [1.82, 2.24) is 25.5 Å². The average molecular weight is 281 g/mol. The number of nitrogens with zero attached hydrogens (tertiary/aromatic N) is 3. The number of thioether (sulfide) groups is 1. The number of urea groups is 1. The summed E-state index contributed by atoms with van der Waals surface area (Å²) in [5.74, 6) is -0.229. The first kappa shape index (κ1) is 13.6. The number of hydrogen-bond acceptors (Lipinski definition) is 5. The van der Waals surface area contributed by atoms with Gasteiger partial charge in [0.1, 0.15) is 0 Å². The molecule has 1 aromatic heterocycles. The third-order valence-electron chi connectivity index (χ3n) is 2.69. The lowest BCUT2D eigenvalue weighted by Gasteiger charge is -2.14. The van der Waals surface area contributed by atoms with Crippen LogP contribution in [0.15, 0.2) is 17.6 Å². The molecule has 0 saturated carbocycles. The van der Waals surface area contributed by atoms with Gasteiger partial charge in [-0.15, -0.1) is 0 Å². The van der Waals surface area contributed by atoms with Crippen LogP contribution in [0.25, 0.3) is 0 Å². The molecule has 0 atom stereocenters. The smallest absolute Gasteiger partial charge is 0.317 e. The van der Waals surface area contributed by atoms with E-state index in [2.05, 4.69) is 20.6 Å². The molecule has 1 fully saturated rings. The lowest BCUT2D eigenvalue weighted by atomic mass is 10.3. The second kappa shape index (κ2) is 6.37. The normalized spacial score (nSPS) is 14.4. The van der Waals surface area contributed by atoms with Crippen molar-refractivity contribution in [3.05, 3.63) is 18.0 Å². The summed E-state index contributed by atoms with van der Waals surface area (Å²) in [6.45, 7) is 2.26. The molecular formula is C11H15N5O2S. The number of carbonyl (C=O) groups excluding carboxylic acids is 2. The fraction of sp³-hybridized carbons (Fsp3) is 0.455. The molecule has 0 spiro atoms. The standard InChI is InChI=1S/C11H15N5O2S/c1-19-10-14-6-8(7-15-10)9(17)12-2-4-16-5-3-13-11(16)18/h6-7H,2-5H2,1H3,(H,12,17)(H,13,18). The van der Waals surface area contributed by atoms with Gasteiger partial charge in [-0.3, -0.25) is 4.79 Å². The lowest BCUT2D eigenvalue weighted by Crippen LogP contribution is -2.36. The molecule has 2 heterocycles. The van der Waals surface area contributed by atoms with Crippen LogP contribution in [0.3, 0.4) is 0 Å². The molecule has 0 aromatic carbocycles. The van der Waals surface area contributed by atoms with Crippen LogP contribution in [0.1, 0.15) is 10.4 Å². The molecule has 19 heavy (non-hydrogen) atoms. The molecule has 8 heteroatoms. The number of hydrogen-bond donors (Lipinski definition) is 2. The fourth-order valence-electron chi connectivity index (χ4n) is 1.67. The van der Waals surface area contributed by atoms with Gasteiger partial charge in [0.15, 0.2) is 5.16 Å². The van der Waals surface area contributed by atoms with Gasteiger partial charge in [-0.05, 0) is 6.26 Å². The molecule has 0 unspecified atom stereocenters. The SMILES string of the molecule is CSc1ncc(C(=O)NCCN2CCNC2=O)cn1. The quantitative estimate of drug-likeness (QED) is 0.584. The van der Waals surface area contributed by atoms with Gasteiger partial charge in [-0.2, -0.15) is 0 Å². The van der Waals surface area contributed by atoms with E-state index in [1.807, 2.05) is 6.26 Å². The van der Waals surface area contributed by atoms with Crippen molar-refractivity contribution in [2.45, 2.75) is 5.16 Å². The van der Waals surface area contributed by atoms with E-state index in [4.69, 9.17) is 0 Å². The highest BCUT2D eigenvalue weighted by atomic mass is 32.2. The monoisotopic (exact) mass is 281 g/mol. The second-order valence-electron chi connectivity index (χ2n) is 3.93. The van der Waals surface area contributed by atoms with Crippen LogP contribution in [0.5, 0.6) is 0 Å². The van der Waals surface area contributed by atoms with E-state index < -0.39 is 0 Å². The van der Waals surface area contributed by atoms with Gasteiger partial charge in [0.2, 0.25) is 0 Å². The zero-order valence-corrected chi connectivity index (χ0v) is 11.4. The lowest BCUT2D eigenvalue weighted by molar-refractivity contribution is 0.0949. The van der Waals surface area contributed by atoms with Crippen molar-refractivity contribution in [1.29, 1.82) is 0 Å². The number of rotatable bonds is 5. The molecule has 0 aliphatic carbocycles. The Balaban J connectivity index is 1.78. The molecule has 1 aliphatic heterocycles. The van der Waals surface area contributed by atoms with Crippen LogP contribution in [-0.4, -0.2) is 59.2 Å². The second-order valence-corrected chi connectivity index (χ2v) is 4.71. The Morgan fingerprint density at radius 3 is 2.84 bits per heavy atom. The number of nitrogens with one attached hydrogen (secondary N) is 2. The Morgan fingerprint density at radius 1 is 1.53 bits per heavy atom. The summed E-state index contributed by atoms with van der Waals surface area (Å²) < 4.78 is 0. The molecule has 2 N–H and O–H groups in total. The van der Waals surface area contributed by atoms with Crippen molar-refractivity contribution < 1.29 is 9.59 Å². The summed E-state index contributed by atoms with van der Waals surface area (Å²) in [4.78, 5) is 32.8. The first-order chi connectivity index (χ1) is 9.20. The predicted molar refractivity (Wildman–Crippen MR) is 71.1 cm³/mol. The Morgan fingerprint density at radius 2 is 2.26 bits per heavy atom. The van der Waals surface area contributed by atoms with E-state index in [0.29, 0.717) is 36.9 Å². The third kappa shape index (κ3) is 3.57. The minimum Gasteiger partial charge on any atom is -0.350 e. The highest BCUT2D eigenvalue weighted by Crippen LogP contribution is 2.06. The molecule has 0 radical (unpaired) electrons. The molecule has 3 amide bonds. The number of aromatic nitrogens is 2. The highest BCUT2D eigenvalue weighted by Gasteiger charge is 2.18. The maximum atomic E-state index is 11.8. The van der Waals surface area contributed by atoms with Gasteiger partial charge in [-0.1, -0.05) is 11.8 Å². The molecule has 1 saturated heterocycles. The van der Waals surface area contributed by atoms with Gasteiger partial charge in [0, 0.05) is 38.6 Å². The van der Waals surface area contributed by atoms with Gasteiger partial charge in [0.25, 0.3) is 5.91 Å². The largest absolute Gasteiger partial charge is 0.350 e. The van der Waals surface area contributed by atoms with Crippen LogP contribution >= 0.6 is 11.8 Å². The summed E-state index contributed by atoms with van der Waals surface area (Å²) in [5, 5.41) is 6.07. The van der Waals surface area contributed by atoms with Crippen molar-refractivity contribution >= 4 is 23.7 Å². The highest BCUT2D eigenvalue weighted by molar-refractivity contribution is 7.98. The summed E-state index contributed by atoms with van der Waals surface area (Å²) in [6.07, 6.45) is 4.86. The molecule has 1 aromatic rings. The van der Waals surface area contributed by atoms with E-state index >= 15 is 0 Å². The maximum absolute atomic E-state index is 11.8. The fourth-order valence-corrected chi connectivity index (χ4v) is 1.99. The summed E-state index contributed by atoms with van der Waals surface area (Å²) in [5.41, 5.74) is 0.420. The molecule has 1 aliphatic rings. The van der Waals surface area contributed by atoms with E-state index in [1.54, 1.807) is 4.90 Å². The minimum absolute atomic E-state index is 0.0816. The number of carbonyl (C=O) groups is 2. The first-order valence-corrected chi connectivity index (χ1v) is 7.10. The molecule has 102 valence electrons. The van der Waals surface area contributed by atoms with Crippen LogP contribution in [0, 0.1) is 0 Å². The maximum Gasteiger partial charge on any atom is 0.317 e. The molecule has 7 nitrogen and oxygen atoms in total. The molecular weight excluding hydrogens is 266 g/mol. The number of amides is 3. The van der Waals surface area contributed by atoms with Crippen LogP contribution in [0.4, 0.5) is 4.79 Å². The van der Waals surface area contributed by atoms with E-state index in [0.717, 1.165) is 0 Å². The van der Waals surface area contributed by atoms with E-state index in [9.17, 15) is 9.59 Å². The van der Waals surface area contributed by atoms with Gasteiger partial charge < -0.3 is 15.5 Å². The van der Waals surface area contributed by atoms with Crippen LogP contribution < -0.4 is 10.6 Å². The van der Waals surface area contributed by atoms with Gasteiger partial charge >= 0.3 is 6.03 Å². The first-order valence-electron chi connectivity index (χ1n) is 5.87. The molecule has 0 bridgehead atoms. The Hall–Kier alpha value is -1.83. The summed E-state index contributed by atoms with van der Waals surface area (Å²) >= 11 is 1.42. The van der Waals surface area contributed by atoms with Crippen LogP contribution in [0.2, 0.25) is 0 Å². The van der Waals surface area contributed by atoms with Crippen molar-refractivity contribution in [2.24, 2.45) is 0 Å². The van der Waals surface area contributed by atoms with Crippen molar-refractivity contribution in [3.63, 3.8) is 0 Å². The Kier molecular flexibility index (Phi) is 4.56. The topological polar surface area (TPSA) is 87.2 Å². The molecule has 2 rings (SSSR count). The van der Waals surface area contributed by atoms with Gasteiger partial charge in [-0.25, -0.2) is 14.8 Å². The Bertz CT molecular complexity index is 465. The zero-order valence-electron chi connectivity index (χ0n) is 10.5. The minimum atomic E-state index is -0.229. The van der Waals surface area contributed by atoms with E-state index in [1.165, 1.54) is 24.2 Å². The van der Waals surface area contributed by atoms with E-state index in [-0.39, 0.29) is 11.9 Å². The zero-order chi connectivity index (χ0) is 13.7. The summed E-state index contributed by atoms with van der Waals surface area (Å²) in [7, 11) is 0. The van der Waals surface area contributed by atoms with Crippen molar-refractivity contribution in [3.8, 4) is 0 Å². The van der Waals surface area contributed by atoms with Gasteiger partial charge in [0.05, 0.1) is 5.56 Å². The van der Waals surface area contributed by atoms with Crippen LogP contribution in [-0.2, 0) is 0 Å². The predicted octanol–water partition coefficient (Wildman–Crippen LogP) is -0.0465. The average Bonchev–Trinajstić information content (AvgIpc) is 2.84. The summed E-state index contributed by atoms with van der Waals surface area (Å²) in [6, 6.07) is -0.0816. The van der Waals surface area contributed by atoms with Crippen molar-refractivity contribution in [2.75, 3.05) is 32.4 Å².